The Hall–Kier alpha value is -1.60. The predicted octanol–water partition coefficient (Wildman–Crippen LogP) is 1.68. The molecule has 1 fully saturated rings. The molecule has 1 N–H and O–H groups in total. The van der Waals surface area contributed by atoms with E-state index < -0.39 is 16.1 Å². The molecule has 1 aromatic rings. The molecule has 1 saturated heterocycles. The summed E-state index contributed by atoms with van der Waals surface area (Å²) < 4.78 is 31.7. The quantitative estimate of drug-likeness (QED) is 0.910. The van der Waals surface area contributed by atoms with Crippen LogP contribution < -0.4 is 5.32 Å². The van der Waals surface area contributed by atoms with Crippen molar-refractivity contribution in [1.29, 1.82) is 0 Å². The maximum Gasteiger partial charge on any atom is 0.407 e. The zero-order valence-electron chi connectivity index (χ0n) is 13.2. The summed E-state index contributed by atoms with van der Waals surface area (Å²) in [4.78, 5) is 11.6. The number of ether oxygens (including phenoxy) is 1. The summed E-state index contributed by atoms with van der Waals surface area (Å²) in [5.41, 5.74) is 2.43. The Bertz CT molecular complexity index is 694. The van der Waals surface area contributed by atoms with Crippen LogP contribution in [0.4, 0.5) is 4.79 Å². The second-order valence-corrected chi connectivity index (χ2v) is 8.04. The van der Waals surface area contributed by atoms with Gasteiger partial charge in [0, 0.05) is 19.1 Å². The number of alkyl carbamates (subject to hydrolysis) is 1. The third-order valence-corrected chi connectivity index (χ3v) is 6.56. The first-order chi connectivity index (χ1) is 11.0. The first-order valence-electron chi connectivity index (χ1n) is 7.97. The highest BCUT2D eigenvalue weighted by Crippen LogP contribution is 2.27. The number of amides is 1. The molecule has 0 radical (unpaired) electrons. The van der Waals surface area contributed by atoms with Crippen molar-refractivity contribution in [2.24, 2.45) is 0 Å². The summed E-state index contributed by atoms with van der Waals surface area (Å²) in [6.45, 7) is 0.822. The number of nitrogens with zero attached hydrogens (tertiary/aromatic N) is 1. The van der Waals surface area contributed by atoms with Crippen molar-refractivity contribution in [3.63, 3.8) is 0 Å². The van der Waals surface area contributed by atoms with Gasteiger partial charge in [0.2, 0.25) is 10.0 Å². The average Bonchev–Trinajstić information content (AvgIpc) is 3.02. The van der Waals surface area contributed by atoms with Gasteiger partial charge in [-0.25, -0.2) is 13.2 Å². The molecule has 1 aromatic carbocycles. The average molecular weight is 338 g/mol. The lowest BCUT2D eigenvalue weighted by atomic mass is 10.1. The highest BCUT2D eigenvalue weighted by molar-refractivity contribution is 7.89. The molecule has 23 heavy (non-hydrogen) atoms. The number of carbonyl (C=O) groups excluding carboxylic acids is 1. The van der Waals surface area contributed by atoms with Crippen molar-refractivity contribution < 1.29 is 17.9 Å². The fourth-order valence-corrected chi connectivity index (χ4v) is 4.84. The van der Waals surface area contributed by atoms with Crippen LogP contribution in [-0.4, -0.2) is 45.1 Å². The lowest BCUT2D eigenvalue weighted by Crippen LogP contribution is -2.46. The van der Waals surface area contributed by atoms with Gasteiger partial charge in [-0.3, -0.25) is 0 Å². The SMILES string of the molecule is COC(=O)NC1CCN(S(=O)(=O)c2ccc3c(c2)CCC3)CC1. The minimum Gasteiger partial charge on any atom is -0.453 e. The summed E-state index contributed by atoms with van der Waals surface area (Å²) >= 11 is 0. The van der Waals surface area contributed by atoms with Crippen molar-refractivity contribution in [3.8, 4) is 0 Å². The molecule has 0 unspecified atom stereocenters. The summed E-state index contributed by atoms with van der Waals surface area (Å²) in [7, 11) is -2.13. The third-order valence-electron chi connectivity index (χ3n) is 4.67. The number of hydrogen-bond acceptors (Lipinski definition) is 4. The zero-order chi connectivity index (χ0) is 16.4. The number of rotatable bonds is 3. The summed E-state index contributed by atoms with van der Waals surface area (Å²) in [5.74, 6) is 0. The molecule has 2 aliphatic rings. The molecule has 0 bridgehead atoms. The zero-order valence-corrected chi connectivity index (χ0v) is 14.1. The molecule has 3 rings (SSSR count). The molecule has 1 aliphatic carbocycles. The van der Waals surface area contributed by atoms with Crippen LogP contribution in [0.2, 0.25) is 0 Å². The summed E-state index contributed by atoms with van der Waals surface area (Å²) in [6.07, 6.45) is 3.83. The molecule has 0 saturated carbocycles. The lowest BCUT2D eigenvalue weighted by Gasteiger charge is -2.31. The normalized spacial score (nSPS) is 19.3. The number of piperidine rings is 1. The highest BCUT2D eigenvalue weighted by Gasteiger charge is 2.30. The van der Waals surface area contributed by atoms with Crippen LogP contribution in [0.25, 0.3) is 0 Å². The molecule has 126 valence electrons. The highest BCUT2D eigenvalue weighted by atomic mass is 32.2. The van der Waals surface area contributed by atoms with Gasteiger partial charge in [0.15, 0.2) is 0 Å². The second kappa shape index (κ2) is 6.49. The first-order valence-corrected chi connectivity index (χ1v) is 9.41. The van der Waals surface area contributed by atoms with Gasteiger partial charge in [0.1, 0.15) is 0 Å². The van der Waals surface area contributed by atoms with Crippen LogP contribution in [0.15, 0.2) is 23.1 Å². The van der Waals surface area contributed by atoms with Crippen molar-refractivity contribution >= 4 is 16.1 Å². The Labute approximate surface area is 136 Å². The van der Waals surface area contributed by atoms with E-state index in [0.29, 0.717) is 30.8 Å². The van der Waals surface area contributed by atoms with Crippen molar-refractivity contribution in [3.05, 3.63) is 29.3 Å². The Balaban J connectivity index is 1.68. The van der Waals surface area contributed by atoms with E-state index in [1.54, 1.807) is 6.07 Å². The summed E-state index contributed by atoms with van der Waals surface area (Å²) in [5, 5.41) is 2.73. The fourth-order valence-electron chi connectivity index (χ4n) is 3.32. The van der Waals surface area contributed by atoms with Crippen molar-refractivity contribution in [1.82, 2.24) is 9.62 Å². The third kappa shape index (κ3) is 3.35. The van der Waals surface area contributed by atoms with Crippen LogP contribution in [0.5, 0.6) is 0 Å². The van der Waals surface area contributed by atoms with Gasteiger partial charge in [0.05, 0.1) is 12.0 Å². The molecule has 1 amide bonds. The van der Waals surface area contributed by atoms with E-state index in [9.17, 15) is 13.2 Å². The lowest BCUT2D eigenvalue weighted by molar-refractivity contribution is 0.161. The molecule has 0 aromatic heterocycles. The van der Waals surface area contributed by atoms with E-state index in [1.807, 2.05) is 12.1 Å². The molecule has 1 heterocycles. The van der Waals surface area contributed by atoms with E-state index in [4.69, 9.17) is 0 Å². The smallest absolute Gasteiger partial charge is 0.407 e. The first kappa shape index (κ1) is 16.3. The fraction of sp³-hybridized carbons (Fsp3) is 0.562. The maximum atomic E-state index is 12.8. The molecule has 0 spiro atoms. The topological polar surface area (TPSA) is 75.7 Å². The predicted molar refractivity (Wildman–Crippen MR) is 85.8 cm³/mol. The van der Waals surface area contributed by atoms with Gasteiger partial charge in [-0.2, -0.15) is 4.31 Å². The van der Waals surface area contributed by atoms with Crippen LogP contribution in [0.1, 0.15) is 30.4 Å². The minimum atomic E-state index is -3.45. The van der Waals surface area contributed by atoms with Crippen LogP contribution in [0.3, 0.4) is 0 Å². The van der Waals surface area contributed by atoms with E-state index in [1.165, 1.54) is 17.0 Å². The standard InChI is InChI=1S/C16H22N2O4S/c1-22-16(19)17-14-7-9-18(10-8-14)23(20,21)15-6-5-12-3-2-4-13(12)11-15/h5-6,11,14H,2-4,7-10H2,1H3,(H,17,19). The van der Waals surface area contributed by atoms with Gasteiger partial charge in [0.25, 0.3) is 0 Å². The number of aryl methyl sites for hydroxylation is 2. The summed E-state index contributed by atoms with van der Waals surface area (Å²) in [6, 6.07) is 5.46. The molecular weight excluding hydrogens is 316 g/mol. The Morgan fingerprint density at radius 2 is 1.91 bits per heavy atom. The van der Waals surface area contributed by atoms with Crippen LogP contribution in [-0.2, 0) is 27.6 Å². The number of methoxy groups -OCH3 is 1. The van der Waals surface area contributed by atoms with E-state index in [2.05, 4.69) is 10.1 Å². The number of fused-ring (bicyclic) bond motifs is 1. The van der Waals surface area contributed by atoms with Crippen molar-refractivity contribution in [2.75, 3.05) is 20.2 Å². The van der Waals surface area contributed by atoms with Crippen LogP contribution >= 0.6 is 0 Å². The number of sulfonamides is 1. The largest absolute Gasteiger partial charge is 0.453 e. The maximum absolute atomic E-state index is 12.8. The number of benzene rings is 1. The molecule has 1 aliphatic heterocycles. The number of hydrogen-bond donors (Lipinski definition) is 1. The van der Waals surface area contributed by atoms with E-state index >= 15 is 0 Å². The minimum absolute atomic E-state index is 0.0334. The second-order valence-electron chi connectivity index (χ2n) is 6.10. The molecular formula is C16H22N2O4S. The van der Waals surface area contributed by atoms with Gasteiger partial charge in [-0.1, -0.05) is 6.07 Å². The Morgan fingerprint density at radius 1 is 1.22 bits per heavy atom. The van der Waals surface area contributed by atoms with E-state index in [-0.39, 0.29) is 6.04 Å². The van der Waals surface area contributed by atoms with Gasteiger partial charge in [-0.15, -0.1) is 0 Å². The van der Waals surface area contributed by atoms with Gasteiger partial charge < -0.3 is 10.1 Å². The number of nitrogens with one attached hydrogen (secondary N) is 1. The molecule has 6 nitrogen and oxygen atoms in total. The van der Waals surface area contributed by atoms with Gasteiger partial charge in [-0.05, 0) is 55.4 Å². The van der Waals surface area contributed by atoms with Crippen LogP contribution in [0, 0.1) is 0 Å². The Morgan fingerprint density at radius 3 is 2.61 bits per heavy atom. The monoisotopic (exact) mass is 338 g/mol. The molecule has 7 heteroatoms. The molecule has 0 atom stereocenters. The van der Waals surface area contributed by atoms with Gasteiger partial charge >= 0.3 is 6.09 Å². The van der Waals surface area contributed by atoms with Crippen molar-refractivity contribution in [2.45, 2.75) is 43.0 Å². The Kier molecular flexibility index (Phi) is 4.59. The number of carbonyl (C=O) groups is 1. The van der Waals surface area contributed by atoms with E-state index in [0.717, 1.165) is 24.8 Å².